The molecule has 0 aliphatic carbocycles. The highest BCUT2D eigenvalue weighted by molar-refractivity contribution is 5.51. The first-order valence-corrected chi connectivity index (χ1v) is 5.71. The van der Waals surface area contributed by atoms with Gasteiger partial charge in [-0.25, -0.2) is 0 Å². The molecule has 100 valence electrons. The number of aromatic hydroxyl groups is 1. The van der Waals surface area contributed by atoms with Gasteiger partial charge >= 0.3 is 0 Å². The summed E-state index contributed by atoms with van der Waals surface area (Å²) in [5.74, 6) is 0.131. The molecule has 0 radical (unpaired) electrons. The number of aliphatic hydroxyl groups is 3. The molecule has 1 unspecified atom stereocenters. The fourth-order valence-corrected chi connectivity index (χ4v) is 1.88. The molecule has 4 atom stereocenters. The molecule has 5 N–H and O–H groups in total. The third-order valence-corrected chi connectivity index (χ3v) is 3.06. The summed E-state index contributed by atoms with van der Waals surface area (Å²) in [4.78, 5) is 0. The van der Waals surface area contributed by atoms with Gasteiger partial charge in [-0.05, 0) is 18.6 Å². The Kier molecular flexibility index (Phi) is 3.72. The van der Waals surface area contributed by atoms with E-state index in [1.807, 2.05) is 0 Å². The van der Waals surface area contributed by atoms with E-state index in [2.05, 4.69) is 5.32 Å². The largest absolute Gasteiger partial charge is 0.508 e. The Bertz CT molecular complexity index is 425. The smallest absolute Gasteiger partial charge is 0.157 e. The molecule has 2 rings (SSSR count). The SMILES string of the molecule is Cc1ccc(NC2O[C@@H](CO)[C@H](O)[C@@H]2O)cc1O. The first kappa shape index (κ1) is 13.1. The molecule has 6 heteroatoms. The van der Waals surface area contributed by atoms with Crippen LogP contribution < -0.4 is 5.32 Å². The lowest BCUT2D eigenvalue weighted by Crippen LogP contribution is -2.36. The van der Waals surface area contributed by atoms with Crippen LogP contribution in [0.15, 0.2) is 18.2 Å². The zero-order valence-corrected chi connectivity index (χ0v) is 9.95. The van der Waals surface area contributed by atoms with Crippen molar-refractivity contribution in [1.29, 1.82) is 0 Å². The van der Waals surface area contributed by atoms with Gasteiger partial charge in [0.25, 0.3) is 0 Å². The highest BCUT2D eigenvalue weighted by Crippen LogP contribution is 2.26. The van der Waals surface area contributed by atoms with Gasteiger partial charge in [0.1, 0.15) is 24.1 Å². The number of hydrogen-bond acceptors (Lipinski definition) is 6. The van der Waals surface area contributed by atoms with Crippen LogP contribution in [0.5, 0.6) is 5.75 Å². The number of aliphatic hydroxyl groups excluding tert-OH is 3. The Balaban J connectivity index is 2.07. The fraction of sp³-hybridized carbons (Fsp3) is 0.500. The zero-order valence-electron chi connectivity index (χ0n) is 9.95. The van der Waals surface area contributed by atoms with E-state index in [1.54, 1.807) is 19.1 Å². The predicted octanol–water partition coefficient (Wildman–Crippen LogP) is -0.448. The number of hydrogen-bond donors (Lipinski definition) is 5. The molecule has 18 heavy (non-hydrogen) atoms. The van der Waals surface area contributed by atoms with E-state index in [9.17, 15) is 15.3 Å². The van der Waals surface area contributed by atoms with E-state index in [0.717, 1.165) is 5.56 Å². The maximum Gasteiger partial charge on any atom is 0.157 e. The van der Waals surface area contributed by atoms with Crippen molar-refractivity contribution in [3.8, 4) is 5.75 Å². The lowest BCUT2D eigenvalue weighted by atomic mass is 10.1. The molecular weight excluding hydrogens is 238 g/mol. The topological polar surface area (TPSA) is 102 Å². The number of ether oxygens (including phenoxy) is 1. The van der Waals surface area contributed by atoms with Crippen molar-refractivity contribution in [2.45, 2.75) is 31.5 Å². The average Bonchev–Trinajstić information content (AvgIpc) is 2.62. The predicted molar refractivity (Wildman–Crippen MR) is 64.2 cm³/mol. The van der Waals surface area contributed by atoms with Crippen LogP contribution in [-0.4, -0.2) is 51.6 Å². The summed E-state index contributed by atoms with van der Waals surface area (Å²) in [6.07, 6.45) is -3.90. The lowest BCUT2D eigenvalue weighted by Gasteiger charge is -2.18. The summed E-state index contributed by atoms with van der Waals surface area (Å²) < 4.78 is 5.27. The minimum Gasteiger partial charge on any atom is -0.508 e. The van der Waals surface area contributed by atoms with E-state index < -0.39 is 24.5 Å². The van der Waals surface area contributed by atoms with Crippen LogP contribution in [0.1, 0.15) is 5.56 Å². The molecular formula is C12H17NO5. The molecule has 1 aromatic rings. The number of phenolic OH excluding ortho intramolecular Hbond substituents is 1. The van der Waals surface area contributed by atoms with Gasteiger partial charge in [-0.3, -0.25) is 0 Å². The van der Waals surface area contributed by atoms with Gasteiger partial charge in [0, 0.05) is 11.8 Å². The molecule has 1 aliphatic heterocycles. The van der Waals surface area contributed by atoms with Gasteiger partial charge < -0.3 is 30.5 Å². The van der Waals surface area contributed by atoms with Crippen molar-refractivity contribution in [3.05, 3.63) is 23.8 Å². The van der Waals surface area contributed by atoms with Crippen molar-refractivity contribution in [1.82, 2.24) is 0 Å². The molecule has 1 aliphatic rings. The molecule has 0 bridgehead atoms. The van der Waals surface area contributed by atoms with E-state index in [0.29, 0.717) is 5.69 Å². The minimum absolute atomic E-state index is 0.131. The Hall–Kier alpha value is -1.34. The molecule has 0 aromatic heterocycles. The number of aryl methyl sites for hydroxylation is 1. The number of phenols is 1. The van der Waals surface area contributed by atoms with Crippen LogP contribution in [0.4, 0.5) is 5.69 Å². The van der Waals surface area contributed by atoms with Crippen LogP contribution in [0.25, 0.3) is 0 Å². The third kappa shape index (κ3) is 2.41. The van der Waals surface area contributed by atoms with Crippen molar-refractivity contribution in [2.24, 2.45) is 0 Å². The van der Waals surface area contributed by atoms with Crippen molar-refractivity contribution < 1.29 is 25.2 Å². The van der Waals surface area contributed by atoms with E-state index in [-0.39, 0.29) is 12.4 Å². The first-order chi connectivity index (χ1) is 8.52. The summed E-state index contributed by atoms with van der Waals surface area (Å²) in [5.41, 5.74) is 1.30. The number of benzene rings is 1. The maximum absolute atomic E-state index is 9.73. The second kappa shape index (κ2) is 5.11. The maximum atomic E-state index is 9.73. The minimum atomic E-state index is -1.13. The Morgan fingerprint density at radius 1 is 1.28 bits per heavy atom. The summed E-state index contributed by atoms with van der Waals surface area (Å²) in [5, 5.41) is 40.7. The van der Waals surface area contributed by atoms with Crippen molar-refractivity contribution >= 4 is 5.69 Å². The second-order valence-corrected chi connectivity index (χ2v) is 4.40. The van der Waals surface area contributed by atoms with Crippen molar-refractivity contribution in [2.75, 3.05) is 11.9 Å². The van der Waals surface area contributed by atoms with Gasteiger partial charge in [0.2, 0.25) is 0 Å². The van der Waals surface area contributed by atoms with Gasteiger partial charge in [-0.2, -0.15) is 0 Å². The summed E-state index contributed by atoms with van der Waals surface area (Å²) in [6, 6.07) is 4.95. The Labute approximate surface area is 104 Å². The van der Waals surface area contributed by atoms with E-state index >= 15 is 0 Å². The number of anilines is 1. The van der Waals surface area contributed by atoms with Gasteiger partial charge in [-0.15, -0.1) is 0 Å². The average molecular weight is 255 g/mol. The molecule has 6 nitrogen and oxygen atoms in total. The highest BCUT2D eigenvalue weighted by atomic mass is 16.6. The number of nitrogens with one attached hydrogen (secondary N) is 1. The summed E-state index contributed by atoms with van der Waals surface area (Å²) in [7, 11) is 0. The van der Waals surface area contributed by atoms with Crippen molar-refractivity contribution in [3.63, 3.8) is 0 Å². The molecule has 1 fully saturated rings. The lowest BCUT2D eigenvalue weighted by molar-refractivity contribution is -0.0153. The van der Waals surface area contributed by atoms with Crippen LogP contribution >= 0.6 is 0 Å². The normalized spacial score (nSPS) is 31.6. The van der Waals surface area contributed by atoms with Gasteiger partial charge in [-0.1, -0.05) is 6.07 Å². The molecule has 0 amide bonds. The monoisotopic (exact) mass is 255 g/mol. The summed E-state index contributed by atoms with van der Waals surface area (Å²) >= 11 is 0. The first-order valence-electron chi connectivity index (χ1n) is 5.71. The zero-order chi connectivity index (χ0) is 13.3. The standard InChI is InChI=1S/C12H17NO5/c1-6-2-3-7(4-8(6)15)13-12-11(17)10(16)9(5-14)18-12/h2-4,9-17H,5H2,1H3/t9-,10-,11-,12?/m0/s1. The van der Waals surface area contributed by atoms with Crippen LogP contribution in [0.3, 0.4) is 0 Å². The summed E-state index contributed by atoms with van der Waals surface area (Å²) in [6.45, 7) is 1.40. The Morgan fingerprint density at radius 3 is 2.56 bits per heavy atom. The number of rotatable bonds is 3. The highest BCUT2D eigenvalue weighted by Gasteiger charge is 2.42. The third-order valence-electron chi connectivity index (χ3n) is 3.06. The van der Waals surface area contributed by atoms with Crippen LogP contribution in [0.2, 0.25) is 0 Å². The molecule has 1 aromatic carbocycles. The quantitative estimate of drug-likeness (QED) is 0.501. The van der Waals surface area contributed by atoms with E-state index in [1.165, 1.54) is 6.07 Å². The molecule has 0 spiro atoms. The van der Waals surface area contributed by atoms with E-state index in [4.69, 9.17) is 9.84 Å². The van der Waals surface area contributed by atoms with Gasteiger partial charge in [0.05, 0.1) is 6.61 Å². The van der Waals surface area contributed by atoms with Crippen LogP contribution in [-0.2, 0) is 4.74 Å². The van der Waals surface area contributed by atoms with Crippen LogP contribution in [0, 0.1) is 6.92 Å². The molecule has 1 heterocycles. The molecule has 1 saturated heterocycles. The second-order valence-electron chi connectivity index (χ2n) is 4.40. The molecule has 0 saturated carbocycles. The Morgan fingerprint density at radius 2 is 2.00 bits per heavy atom. The fourth-order valence-electron chi connectivity index (χ4n) is 1.88. The van der Waals surface area contributed by atoms with Gasteiger partial charge in [0.15, 0.2) is 6.23 Å².